The van der Waals surface area contributed by atoms with Crippen molar-refractivity contribution in [2.24, 2.45) is 5.10 Å². The monoisotopic (exact) mass is 480 g/mol. The van der Waals surface area contributed by atoms with Crippen molar-refractivity contribution >= 4 is 34.7 Å². The summed E-state index contributed by atoms with van der Waals surface area (Å²) in [6.07, 6.45) is 2.23. The Hall–Kier alpha value is -3.44. The molecule has 1 aromatic carbocycles. The lowest BCUT2D eigenvalue weighted by Gasteiger charge is -2.19. The van der Waals surface area contributed by atoms with Crippen LogP contribution in [0.5, 0.6) is 5.75 Å². The molecule has 11 heteroatoms. The number of methoxy groups -OCH3 is 1. The molecule has 0 N–H and O–H groups in total. The molecule has 1 amide bonds. The molecule has 3 aromatic heterocycles. The zero-order valence-corrected chi connectivity index (χ0v) is 19.3. The van der Waals surface area contributed by atoms with E-state index in [0.29, 0.717) is 23.9 Å². The molecular formula is C22H20N6O3S2. The van der Waals surface area contributed by atoms with Gasteiger partial charge in [0.1, 0.15) is 17.6 Å². The predicted molar refractivity (Wildman–Crippen MR) is 124 cm³/mol. The molecule has 0 bridgehead atoms. The maximum absolute atomic E-state index is 13.2. The number of amides is 1. The molecule has 0 saturated heterocycles. The second-order valence-corrected chi connectivity index (χ2v) is 9.14. The van der Waals surface area contributed by atoms with Crippen LogP contribution >= 0.6 is 23.1 Å². The quantitative estimate of drug-likeness (QED) is 0.353. The van der Waals surface area contributed by atoms with Crippen LogP contribution in [0.4, 0.5) is 0 Å². The van der Waals surface area contributed by atoms with Crippen molar-refractivity contribution in [3.8, 4) is 5.75 Å². The first-order chi connectivity index (χ1) is 16.2. The molecular weight excluding hydrogens is 460 g/mol. The average Bonchev–Trinajstić information content (AvgIpc) is 3.64. The van der Waals surface area contributed by atoms with E-state index in [1.165, 1.54) is 16.8 Å². The zero-order chi connectivity index (χ0) is 22.6. The molecule has 33 heavy (non-hydrogen) atoms. The number of aromatic nitrogens is 4. The number of carbonyl (C=O) groups is 1. The molecule has 0 radical (unpaired) electrons. The van der Waals surface area contributed by atoms with Crippen LogP contribution in [0.25, 0.3) is 0 Å². The molecule has 0 fully saturated rings. The van der Waals surface area contributed by atoms with Crippen LogP contribution in [0.15, 0.2) is 74.8 Å². The highest BCUT2D eigenvalue weighted by molar-refractivity contribution is 7.99. The molecule has 4 heterocycles. The minimum absolute atomic E-state index is 0.132. The Morgan fingerprint density at radius 2 is 2.12 bits per heavy atom. The van der Waals surface area contributed by atoms with Gasteiger partial charge in [0.15, 0.2) is 0 Å². The molecule has 9 nitrogen and oxygen atoms in total. The number of hydrogen-bond acceptors (Lipinski definition) is 9. The summed E-state index contributed by atoms with van der Waals surface area (Å²) in [7, 11) is 1.63. The summed E-state index contributed by atoms with van der Waals surface area (Å²) in [5.74, 6) is 1.52. The lowest BCUT2D eigenvalue weighted by Crippen LogP contribution is -2.28. The van der Waals surface area contributed by atoms with Crippen LogP contribution in [-0.4, -0.2) is 49.7 Å². The number of hydrogen-bond donors (Lipinski definition) is 0. The Morgan fingerprint density at radius 3 is 2.85 bits per heavy atom. The van der Waals surface area contributed by atoms with E-state index in [2.05, 4.69) is 20.6 Å². The van der Waals surface area contributed by atoms with Crippen LogP contribution in [0.2, 0.25) is 0 Å². The smallest absolute Gasteiger partial charge is 0.253 e. The highest BCUT2D eigenvalue weighted by Gasteiger charge is 2.35. The molecule has 1 unspecified atom stereocenters. The SMILES string of the molecule is COc1ccc(Cn2nnnc2SCC(=O)N2N=C(c3cccs3)CC2c2ccco2)cc1. The summed E-state index contributed by atoms with van der Waals surface area (Å²) in [6.45, 7) is 0.493. The number of thiophene rings is 1. The van der Waals surface area contributed by atoms with Gasteiger partial charge in [-0.25, -0.2) is 9.69 Å². The minimum Gasteiger partial charge on any atom is -0.497 e. The van der Waals surface area contributed by atoms with Crippen molar-refractivity contribution in [3.63, 3.8) is 0 Å². The number of benzene rings is 1. The molecule has 1 aliphatic heterocycles. The Balaban J connectivity index is 1.28. The third kappa shape index (κ3) is 4.69. The van der Waals surface area contributed by atoms with Gasteiger partial charge < -0.3 is 9.15 Å². The van der Waals surface area contributed by atoms with E-state index < -0.39 is 0 Å². The number of rotatable bonds is 8. The number of furan rings is 1. The summed E-state index contributed by atoms with van der Waals surface area (Å²) in [5.41, 5.74) is 1.91. The van der Waals surface area contributed by atoms with Crippen LogP contribution in [-0.2, 0) is 11.3 Å². The Bertz CT molecular complexity index is 1240. The normalized spacial score (nSPS) is 15.6. The highest BCUT2D eigenvalue weighted by Crippen LogP contribution is 2.34. The van der Waals surface area contributed by atoms with E-state index in [-0.39, 0.29) is 17.7 Å². The number of ether oxygens (including phenoxy) is 1. The van der Waals surface area contributed by atoms with Crippen molar-refractivity contribution in [1.29, 1.82) is 0 Å². The van der Waals surface area contributed by atoms with Crippen LogP contribution in [0.3, 0.4) is 0 Å². The first kappa shape index (κ1) is 21.4. The largest absolute Gasteiger partial charge is 0.497 e. The van der Waals surface area contributed by atoms with E-state index in [4.69, 9.17) is 9.15 Å². The molecule has 5 rings (SSSR count). The fourth-order valence-electron chi connectivity index (χ4n) is 3.53. The van der Waals surface area contributed by atoms with Gasteiger partial charge in [0, 0.05) is 6.42 Å². The van der Waals surface area contributed by atoms with Gasteiger partial charge in [-0.2, -0.15) is 5.10 Å². The minimum atomic E-state index is -0.263. The summed E-state index contributed by atoms with van der Waals surface area (Å²) >= 11 is 2.89. The van der Waals surface area contributed by atoms with Gasteiger partial charge in [0.2, 0.25) is 5.16 Å². The van der Waals surface area contributed by atoms with E-state index >= 15 is 0 Å². The van der Waals surface area contributed by atoms with Crippen molar-refractivity contribution in [1.82, 2.24) is 25.2 Å². The van der Waals surface area contributed by atoms with Gasteiger partial charge >= 0.3 is 0 Å². The molecule has 1 atom stereocenters. The van der Waals surface area contributed by atoms with Crippen LogP contribution in [0.1, 0.15) is 28.7 Å². The number of tetrazole rings is 1. The van der Waals surface area contributed by atoms with Gasteiger partial charge in [-0.3, -0.25) is 4.79 Å². The second kappa shape index (κ2) is 9.59. The zero-order valence-electron chi connectivity index (χ0n) is 17.7. The van der Waals surface area contributed by atoms with Gasteiger partial charge in [-0.05, 0) is 51.7 Å². The fourth-order valence-corrected chi connectivity index (χ4v) is 4.98. The van der Waals surface area contributed by atoms with Crippen molar-refractivity contribution in [3.05, 3.63) is 76.4 Å². The van der Waals surface area contributed by atoms with E-state index in [1.807, 2.05) is 53.9 Å². The lowest BCUT2D eigenvalue weighted by atomic mass is 10.1. The first-order valence-electron chi connectivity index (χ1n) is 10.2. The predicted octanol–water partition coefficient (Wildman–Crippen LogP) is 3.85. The van der Waals surface area contributed by atoms with E-state index in [9.17, 15) is 4.79 Å². The average molecular weight is 481 g/mol. The summed E-state index contributed by atoms with van der Waals surface area (Å²) in [6, 6.07) is 15.1. The van der Waals surface area contributed by atoms with Crippen LogP contribution in [0, 0.1) is 0 Å². The molecule has 0 saturated carbocycles. The number of carbonyl (C=O) groups excluding carboxylic acids is 1. The van der Waals surface area contributed by atoms with Crippen molar-refractivity contribution in [2.75, 3.05) is 12.9 Å². The summed E-state index contributed by atoms with van der Waals surface area (Å²) < 4.78 is 12.5. The summed E-state index contributed by atoms with van der Waals surface area (Å²) in [5, 5.41) is 20.7. The van der Waals surface area contributed by atoms with Gasteiger partial charge in [0.25, 0.3) is 5.91 Å². The van der Waals surface area contributed by atoms with E-state index in [1.54, 1.807) is 29.4 Å². The van der Waals surface area contributed by atoms with Crippen molar-refractivity contribution in [2.45, 2.75) is 24.2 Å². The molecule has 1 aliphatic rings. The maximum Gasteiger partial charge on any atom is 0.253 e. The first-order valence-corrected chi connectivity index (χ1v) is 12.1. The van der Waals surface area contributed by atoms with Gasteiger partial charge in [-0.1, -0.05) is 30.0 Å². The molecule has 0 spiro atoms. The molecule has 168 valence electrons. The Morgan fingerprint density at radius 1 is 1.24 bits per heavy atom. The number of hydrazone groups is 1. The Kier molecular flexibility index (Phi) is 6.22. The summed E-state index contributed by atoms with van der Waals surface area (Å²) in [4.78, 5) is 14.2. The van der Waals surface area contributed by atoms with Gasteiger partial charge in [0.05, 0.1) is 36.3 Å². The number of thioether (sulfide) groups is 1. The number of nitrogens with zero attached hydrogens (tertiary/aromatic N) is 6. The lowest BCUT2D eigenvalue weighted by molar-refractivity contribution is -0.130. The van der Waals surface area contributed by atoms with Crippen LogP contribution < -0.4 is 4.74 Å². The standard InChI is InChI=1S/C22H20N6O3S2/c1-30-16-8-6-15(7-9-16)13-27-22(23-25-26-27)33-14-21(29)28-18(19-4-2-10-31-19)12-17(24-28)20-5-3-11-32-20/h2-11,18H,12-14H2,1H3. The fraction of sp³-hybridized carbons (Fsp3) is 0.227. The highest BCUT2D eigenvalue weighted by atomic mass is 32.2. The third-order valence-corrected chi connectivity index (χ3v) is 7.02. The third-order valence-electron chi connectivity index (χ3n) is 5.16. The topological polar surface area (TPSA) is 98.6 Å². The maximum atomic E-state index is 13.2. The molecule has 4 aromatic rings. The molecule has 0 aliphatic carbocycles. The Labute approximate surface area is 198 Å². The second-order valence-electron chi connectivity index (χ2n) is 7.25. The van der Waals surface area contributed by atoms with Gasteiger partial charge in [-0.15, -0.1) is 16.4 Å². The van der Waals surface area contributed by atoms with Crippen molar-refractivity contribution < 1.29 is 13.9 Å². The van der Waals surface area contributed by atoms with E-state index in [0.717, 1.165) is 21.9 Å².